The minimum Gasteiger partial charge on any atom is -0.316 e. The van der Waals surface area contributed by atoms with Crippen LogP contribution in [0.2, 0.25) is 0 Å². The fourth-order valence-electron chi connectivity index (χ4n) is 2.38. The van der Waals surface area contributed by atoms with Gasteiger partial charge in [-0.25, -0.2) is 0 Å². The highest BCUT2D eigenvalue weighted by atomic mass is 32.1. The van der Waals surface area contributed by atoms with E-state index < -0.39 is 0 Å². The monoisotopic (exact) mass is 217 g/mol. The topological polar surface area (TPSA) is 12.0 Å². The van der Waals surface area contributed by atoms with Crippen molar-refractivity contribution in [3.63, 3.8) is 0 Å². The summed E-state index contributed by atoms with van der Waals surface area (Å²) in [6.45, 7) is 4.49. The van der Waals surface area contributed by atoms with Crippen LogP contribution in [0.15, 0.2) is 18.2 Å². The third-order valence-electron chi connectivity index (χ3n) is 3.18. The van der Waals surface area contributed by atoms with Gasteiger partial charge >= 0.3 is 0 Å². The van der Waals surface area contributed by atoms with Crippen LogP contribution in [0.3, 0.4) is 0 Å². The Morgan fingerprint density at radius 2 is 2.07 bits per heavy atom. The Hall–Kier alpha value is -0.860. The molecule has 0 aliphatic carbocycles. The van der Waals surface area contributed by atoms with Crippen LogP contribution in [0.4, 0.5) is 0 Å². The number of benzene rings is 1. The molecule has 0 amide bonds. The molecule has 1 aliphatic heterocycles. The van der Waals surface area contributed by atoms with Gasteiger partial charge in [-0.2, -0.15) is 0 Å². The van der Waals surface area contributed by atoms with Crippen LogP contribution in [0, 0.1) is 6.92 Å². The summed E-state index contributed by atoms with van der Waals surface area (Å²) in [5, 5.41) is 4.97. The summed E-state index contributed by atoms with van der Waals surface area (Å²) in [7, 11) is 0. The number of hydrogen-bond acceptors (Lipinski definition) is 2. The van der Waals surface area contributed by atoms with Crippen molar-refractivity contribution in [2.45, 2.75) is 19.8 Å². The van der Waals surface area contributed by atoms with Gasteiger partial charge in [-0.05, 0) is 49.4 Å². The number of fused-ring (bicyclic) bond motifs is 3. The molecule has 0 bridgehead atoms. The lowest BCUT2D eigenvalue weighted by Crippen LogP contribution is -2.16. The Morgan fingerprint density at radius 3 is 3.00 bits per heavy atom. The van der Waals surface area contributed by atoms with Gasteiger partial charge in [0.2, 0.25) is 0 Å². The average Bonchev–Trinajstić information content (AvgIpc) is 2.45. The van der Waals surface area contributed by atoms with E-state index in [0.29, 0.717) is 0 Å². The summed E-state index contributed by atoms with van der Waals surface area (Å²) < 4.78 is 1.50. The molecule has 0 unspecified atom stereocenters. The van der Waals surface area contributed by atoms with Crippen LogP contribution >= 0.6 is 11.3 Å². The zero-order valence-corrected chi connectivity index (χ0v) is 9.79. The second kappa shape index (κ2) is 3.62. The highest BCUT2D eigenvalue weighted by Crippen LogP contribution is 2.34. The summed E-state index contributed by atoms with van der Waals surface area (Å²) in [6, 6.07) is 6.68. The second-order valence-electron chi connectivity index (χ2n) is 4.21. The van der Waals surface area contributed by atoms with Gasteiger partial charge in [0.15, 0.2) is 0 Å². The second-order valence-corrected chi connectivity index (χ2v) is 5.31. The van der Waals surface area contributed by atoms with Crippen molar-refractivity contribution < 1.29 is 0 Å². The first-order valence-electron chi connectivity index (χ1n) is 5.57. The quantitative estimate of drug-likeness (QED) is 0.715. The third-order valence-corrected chi connectivity index (χ3v) is 4.62. The van der Waals surface area contributed by atoms with Crippen molar-refractivity contribution >= 4 is 21.4 Å². The van der Waals surface area contributed by atoms with Crippen molar-refractivity contribution in [1.82, 2.24) is 5.32 Å². The number of rotatable bonds is 0. The van der Waals surface area contributed by atoms with E-state index in [-0.39, 0.29) is 0 Å². The molecule has 1 aromatic carbocycles. The van der Waals surface area contributed by atoms with Crippen LogP contribution in [0.25, 0.3) is 10.1 Å². The molecule has 0 fully saturated rings. The van der Waals surface area contributed by atoms with E-state index in [0.717, 1.165) is 13.1 Å². The first kappa shape index (κ1) is 9.37. The summed E-state index contributed by atoms with van der Waals surface area (Å²) in [5.41, 5.74) is 3.03. The number of hydrogen-bond donors (Lipinski definition) is 1. The zero-order valence-electron chi connectivity index (χ0n) is 8.97. The molecule has 0 atom stereocenters. The van der Waals surface area contributed by atoms with Crippen molar-refractivity contribution in [2.24, 2.45) is 0 Å². The van der Waals surface area contributed by atoms with Crippen LogP contribution in [-0.2, 0) is 12.8 Å². The van der Waals surface area contributed by atoms with E-state index in [4.69, 9.17) is 0 Å². The van der Waals surface area contributed by atoms with Crippen LogP contribution in [0.5, 0.6) is 0 Å². The van der Waals surface area contributed by atoms with Gasteiger partial charge in [-0.1, -0.05) is 18.2 Å². The lowest BCUT2D eigenvalue weighted by Gasteiger charge is -1.99. The Bertz CT molecular complexity index is 498. The molecule has 1 aromatic heterocycles. The smallest absolute Gasteiger partial charge is 0.0377 e. The molecule has 1 nitrogen and oxygen atoms in total. The maximum atomic E-state index is 3.47. The molecule has 0 saturated carbocycles. The van der Waals surface area contributed by atoms with Crippen molar-refractivity contribution in [1.29, 1.82) is 0 Å². The fourth-order valence-corrected chi connectivity index (χ4v) is 3.69. The van der Waals surface area contributed by atoms with Crippen molar-refractivity contribution in [3.05, 3.63) is 34.2 Å². The summed E-state index contributed by atoms with van der Waals surface area (Å²) >= 11 is 2.00. The molecule has 2 aromatic rings. The lowest BCUT2D eigenvalue weighted by atomic mass is 10.1. The molecule has 1 N–H and O–H groups in total. The van der Waals surface area contributed by atoms with Gasteiger partial charge < -0.3 is 5.32 Å². The molecule has 0 spiro atoms. The molecule has 0 radical (unpaired) electrons. The van der Waals surface area contributed by atoms with E-state index in [9.17, 15) is 0 Å². The van der Waals surface area contributed by atoms with Crippen molar-refractivity contribution in [2.75, 3.05) is 13.1 Å². The highest BCUT2D eigenvalue weighted by molar-refractivity contribution is 7.19. The van der Waals surface area contributed by atoms with E-state index in [1.54, 1.807) is 10.4 Å². The van der Waals surface area contributed by atoms with Gasteiger partial charge in [-0.3, -0.25) is 0 Å². The molecular weight excluding hydrogens is 202 g/mol. The number of nitrogens with one attached hydrogen (secondary N) is 1. The first-order chi connectivity index (χ1) is 7.36. The SMILES string of the molecule is Cc1cccc2c3c(sc12)CCNCC3. The first-order valence-corrected chi connectivity index (χ1v) is 6.38. The maximum absolute atomic E-state index is 3.47. The van der Waals surface area contributed by atoms with Gasteiger partial charge in [0.25, 0.3) is 0 Å². The Balaban J connectivity index is 2.28. The molecule has 2 heterocycles. The van der Waals surface area contributed by atoms with E-state index in [1.165, 1.54) is 28.5 Å². The van der Waals surface area contributed by atoms with Gasteiger partial charge in [0, 0.05) is 9.58 Å². The van der Waals surface area contributed by atoms with Crippen LogP contribution < -0.4 is 5.32 Å². The highest BCUT2D eigenvalue weighted by Gasteiger charge is 2.14. The van der Waals surface area contributed by atoms with Crippen LogP contribution in [0.1, 0.15) is 16.0 Å². The zero-order chi connectivity index (χ0) is 10.3. The predicted octanol–water partition coefficient (Wildman–Crippen LogP) is 2.90. The average molecular weight is 217 g/mol. The summed E-state index contributed by atoms with van der Waals surface area (Å²) in [6.07, 6.45) is 2.40. The largest absolute Gasteiger partial charge is 0.316 e. The Morgan fingerprint density at radius 1 is 1.20 bits per heavy atom. The predicted molar refractivity (Wildman–Crippen MR) is 66.8 cm³/mol. The summed E-state index contributed by atoms with van der Waals surface area (Å²) in [5.74, 6) is 0. The van der Waals surface area contributed by atoms with Gasteiger partial charge in [0.05, 0.1) is 0 Å². The molecular formula is C13H15NS. The molecule has 3 rings (SSSR count). The minimum atomic E-state index is 1.13. The third kappa shape index (κ3) is 1.48. The Kier molecular flexibility index (Phi) is 2.26. The number of aryl methyl sites for hydroxylation is 1. The molecule has 15 heavy (non-hydrogen) atoms. The maximum Gasteiger partial charge on any atom is 0.0377 e. The van der Waals surface area contributed by atoms with E-state index >= 15 is 0 Å². The van der Waals surface area contributed by atoms with E-state index in [2.05, 4.69) is 30.4 Å². The normalized spacial score (nSPS) is 16.3. The summed E-state index contributed by atoms with van der Waals surface area (Å²) in [4.78, 5) is 1.60. The lowest BCUT2D eigenvalue weighted by molar-refractivity contribution is 0.712. The molecule has 1 aliphatic rings. The Labute approximate surface area is 94.1 Å². The molecule has 0 saturated heterocycles. The van der Waals surface area contributed by atoms with Crippen LogP contribution in [-0.4, -0.2) is 13.1 Å². The molecule has 2 heteroatoms. The van der Waals surface area contributed by atoms with Gasteiger partial charge in [-0.15, -0.1) is 11.3 Å². The van der Waals surface area contributed by atoms with Gasteiger partial charge in [0.1, 0.15) is 0 Å². The number of thiophene rings is 1. The fraction of sp³-hybridized carbons (Fsp3) is 0.385. The molecule has 78 valence electrons. The standard InChI is InChI=1S/C13H15NS/c1-9-3-2-4-11-10-5-7-14-8-6-12(10)15-13(9)11/h2-4,14H,5-8H2,1H3. The van der Waals surface area contributed by atoms with Crippen molar-refractivity contribution in [3.8, 4) is 0 Å². The van der Waals surface area contributed by atoms with E-state index in [1.807, 2.05) is 11.3 Å². The minimum absolute atomic E-state index is 1.13.